The SMILES string of the molecule is COc1ccc2nc(NC(=O)C3CCC(Cn4cnnn4)CC3)sc2c1. The number of carbonyl (C=O) groups excluding carboxylic acids is 1. The lowest BCUT2D eigenvalue weighted by Crippen LogP contribution is -2.28. The highest BCUT2D eigenvalue weighted by Crippen LogP contribution is 2.32. The van der Waals surface area contributed by atoms with Crippen molar-refractivity contribution in [2.45, 2.75) is 32.2 Å². The van der Waals surface area contributed by atoms with E-state index >= 15 is 0 Å². The van der Waals surface area contributed by atoms with Crippen molar-refractivity contribution in [3.8, 4) is 5.75 Å². The van der Waals surface area contributed by atoms with Gasteiger partial charge in [-0.2, -0.15) is 0 Å². The molecule has 8 nitrogen and oxygen atoms in total. The molecule has 1 amide bonds. The number of ether oxygens (including phenoxy) is 1. The lowest BCUT2D eigenvalue weighted by Gasteiger charge is -2.27. The molecule has 0 bridgehead atoms. The first-order chi connectivity index (χ1) is 12.7. The number of anilines is 1. The van der Waals surface area contributed by atoms with Crippen molar-refractivity contribution in [3.63, 3.8) is 0 Å². The summed E-state index contributed by atoms with van der Waals surface area (Å²) in [5.41, 5.74) is 0.872. The number of nitrogens with zero attached hydrogens (tertiary/aromatic N) is 5. The zero-order valence-corrected chi connectivity index (χ0v) is 15.3. The quantitative estimate of drug-likeness (QED) is 0.740. The topological polar surface area (TPSA) is 94.8 Å². The number of benzene rings is 1. The predicted octanol–water partition coefficient (Wildman–Crippen LogP) is 2.74. The molecule has 1 fully saturated rings. The van der Waals surface area contributed by atoms with Crippen LogP contribution >= 0.6 is 11.3 Å². The molecular formula is C17H20N6O2S. The molecule has 4 rings (SSSR count). The fraction of sp³-hybridized carbons (Fsp3) is 0.471. The molecule has 2 aromatic heterocycles. The lowest BCUT2D eigenvalue weighted by molar-refractivity contribution is -0.121. The smallest absolute Gasteiger partial charge is 0.229 e. The van der Waals surface area contributed by atoms with Gasteiger partial charge in [0.2, 0.25) is 5.91 Å². The minimum absolute atomic E-state index is 0.0432. The molecule has 0 spiro atoms. The Morgan fingerprint density at radius 2 is 2.19 bits per heavy atom. The average Bonchev–Trinajstić information content (AvgIpc) is 3.30. The minimum atomic E-state index is 0.0432. The summed E-state index contributed by atoms with van der Waals surface area (Å²) < 4.78 is 8.00. The van der Waals surface area contributed by atoms with E-state index in [1.54, 1.807) is 18.1 Å². The van der Waals surface area contributed by atoms with Crippen molar-refractivity contribution in [2.75, 3.05) is 12.4 Å². The number of aromatic nitrogens is 5. The number of hydrogen-bond acceptors (Lipinski definition) is 7. The van der Waals surface area contributed by atoms with E-state index in [0.717, 1.165) is 48.2 Å². The first-order valence-corrected chi connectivity index (χ1v) is 9.49. The first-order valence-electron chi connectivity index (χ1n) is 8.67. The Labute approximate surface area is 154 Å². The lowest BCUT2D eigenvalue weighted by atomic mass is 9.81. The van der Waals surface area contributed by atoms with E-state index in [0.29, 0.717) is 11.0 Å². The minimum Gasteiger partial charge on any atom is -0.497 e. The molecule has 3 aromatic rings. The van der Waals surface area contributed by atoms with E-state index < -0.39 is 0 Å². The van der Waals surface area contributed by atoms with E-state index in [9.17, 15) is 4.79 Å². The van der Waals surface area contributed by atoms with Crippen molar-refractivity contribution in [2.24, 2.45) is 11.8 Å². The average molecular weight is 372 g/mol. The maximum Gasteiger partial charge on any atom is 0.229 e. The van der Waals surface area contributed by atoms with Gasteiger partial charge in [0.1, 0.15) is 12.1 Å². The number of methoxy groups -OCH3 is 1. The Morgan fingerprint density at radius 3 is 2.92 bits per heavy atom. The van der Waals surface area contributed by atoms with Crippen LogP contribution in [0.1, 0.15) is 25.7 Å². The molecule has 1 aromatic carbocycles. The molecule has 0 atom stereocenters. The highest BCUT2D eigenvalue weighted by Gasteiger charge is 2.27. The maximum absolute atomic E-state index is 12.6. The van der Waals surface area contributed by atoms with Crippen LogP contribution in [-0.4, -0.2) is 38.2 Å². The molecule has 0 unspecified atom stereocenters. The number of nitrogens with one attached hydrogen (secondary N) is 1. The summed E-state index contributed by atoms with van der Waals surface area (Å²) in [6.07, 6.45) is 5.43. The molecule has 0 radical (unpaired) electrons. The number of tetrazole rings is 1. The fourth-order valence-electron chi connectivity index (χ4n) is 3.43. The number of fused-ring (bicyclic) bond motifs is 1. The summed E-state index contributed by atoms with van der Waals surface area (Å²) in [6.45, 7) is 0.820. The van der Waals surface area contributed by atoms with Crippen LogP contribution in [-0.2, 0) is 11.3 Å². The fourth-order valence-corrected chi connectivity index (χ4v) is 4.33. The van der Waals surface area contributed by atoms with Gasteiger partial charge < -0.3 is 10.1 Å². The standard InChI is InChI=1S/C17H20N6O2S/c1-25-13-6-7-14-15(8-13)26-17(19-14)20-16(24)12-4-2-11(3-5-12)9-23-10-18-21-22-23/h6-8,10-12H,2-5,9H2,1H3,(H,19,20,24). The van der Waals surface area contributed by atoms with Gasteiger partial charge in [0, 0.05) is 12.5 Å². The number of amides is 1. The summed E-state index contributed by atoms with van der Waals surface area (Å²) in [5.74, 6) is 1.43. The van der Waals surface area contributed by atoms with Crippen LogP contribution in [0.5, 0.6) is 5.75 Å². The van der Waals surface area contributed by atoms with Gasteiger partial charge in [0.05, 0.1) is 17.3 Å². The highest BCUT2D eigenvalue weighted by molar-refractivity contribution is 7.22. The molecule has 1 saturated carbocycles. The molecule has 0 saturated heterocycles. The van der Waals surface area contributed by atoms with E-state index in [2.05, 4.69) is 25.8 Å². The predicted molar refractivity (Wildman–Crippen MR) is 98.1 cm³/mol. The zero-order valence-electron chi connectivity index (χ0n) is 14.5. The van der Waals surface area contributed by atoms with Gasteiger partial charge >= 0.3 is 0 Å². The normalized spacial score (nSPS) is 20.2. The summed E-state index contributed by atoms with van der Waals surface area (Å²) in [6, 6.07) is 5.72. The van der Waals surface area contributed by atoms with E-state index in [-0.39, 0.29) is 11.8 Å². The molecular weight excluding hydrogens is 352 g/mol. The highest BCUT2D eigenvalue weighted by atomic mass is 32.1. The molecule has 2 heterocycles. The van der Waals surface area contributed by atoms with Crippen molar-refractivity contribution >= 4 is 32.6 Å². The molecule has 9 heteroatoms. The van der Waals surface area contributed by atoms with Crippen molar-refractivity contribution in [3.05, 3.63) is 24.5 Å². The number of carbonyl (C=O) groups is 1. The summed E-state index contributed by atoms with van der Waals surface area (Å²) in [4.78, 5) is 17.1. The number of hydrogen-bond donors (Lipinski definition) is 1. The van der Waals surface area contributed by atoms with E-state index in [1.807, 2.05) is 18.2 Å². The van der Waals surface area contributed by atoms with Gasteiger partial charge in [-0.3, -0.25) is 4.79 Å². The summed E-state index contributed by atoms with van der Waals surface area (Å²) >= 11 is 1.47. The summed E-state index contributed by atoms with van der Waals surface area (Å²) in [5, 5.41) is 14.9. The Bertz CT molecular complexity index is 886. The molecule has 0 aliphatic heterocycles. The van der Waals surface area contributed by atoms with Gasteiger partial charge in [0.25, 0.3) is 0 Å². The largest absolute Gasteiger partial charge is 0.497 e. The van der Waals surface area contributed by atoms with Crippen LogP contribution < -0.4 is 10.1 Å². The molecule has 26 heavy (non-hydrogen) atoms. The van der Waals surface area contributed by atoms with Crippen molar-refractivity contribution in [1.82, 2.24) is 25.2 Å². The van der Waals surface area contributed by atoms with E-state index in [1.165, 1.54) is 11.3 Å². The second-order valence-electron chi connectivity index (χ2n) is 6.59. The number of thiazole rings is 1. The third-order valence-corrected chi connectivity index (χ3v) is 5.81. The van der Waals surface area contributed by atoms with E-state index in [4.69, 9.17) is 4.74 Å². The third-order valence-electron chi connectivity index (χ3n) is 4.88. The van der Waals surface area contributed by atoms with Gasteiger partial charge in [-0.25, -0.2) is 9.67 Å². The first kappa shape index (κ1) is 16.9. The zero-order chi connectivity index (χ0) is 17.9. The van der Waals surface area contributed by atoms with Gasteiger partial charge in [-0.15, -0.1) is 5.10 Å². The van der Waals surface area contributed by atoms with Crippen LogP contribution in [0.2, 0.25) is 0 Å². The molecule has 136 valence electrons. The van der Waals surface area contributed by atoms with Crippen LogP contribution in [0.3, 0.4) is 0 Å². The Balaban J connectivity index is 1.34. The monoisotopic (exact) mass is 372 g/mol. The molecule has 1 aliphatic rings. The third kappa shape index (κ3) is 3.67. The Kier molecular flexibility index (Phi) is 4.79. The van der Waals surface area contributed by atoms with Gasteiger partial charge in [-0.1, -0.05) is 11.3 Å². The molecule has 1 N–H and O–H groups in total. The van der Waals surface area contributed by atoms with Gasteiger partial charge in [-0.05, 0) is 60.2 Å². The second kappa shape index (κ2) is 7.36. The van der Waals surface area contributed by atoms with Gasteiger partial charge in [0.15, 0.2) is 5.13 Å². The van der Waals surface area contributed by atoms with Crippen molar-refractivity contribution < 1.29 is 9.53 Å². The molecule has 1 aliphatic carbocycles. The Hall–Kier alpha value is -2.55. The van der Waals surface area contributed by atoms with Crippen LogP contribution in [0, 0.1) is 11.8 Å². The van der Waals surface area contributed by atoms with Crippen molar-refractivity contribution in [1.29, 1.82) is 0 Å². The van der Waals surface area contributed by atoms with Crippen LogP contribution in [0.4, 0.5) is 5.13 Å². The van der Waals surface area contributed by atoms with Crippen LogP contribution in [0.15, 0.2) is 24.5 Å². The number of rotatable bonds is 5. The Morgan fingerprint density at radius 1 is 1.35 bits per heavy atom. The maximum atomic E-state index is 12.6. The van der Waals surface area contributed by atoms with Crippen LogP contribution in [0.25, 0.3) is 10.2 Å². The summed E-state index contributed by atoms with van der Waals surface area (Å²) in [7, 11) is 1.64. The second-order valence-corrected chi connectivity index (χ2v) is 7.62.